The Balaban J connectivity index is 1.81. The van der Waals surface area contributed by atoms with Crippen LogP contribution in [0.5, 0.6) is 11.5 Å². The fourth-order valence-corrected chi connectivity index (χ4v) is 3.36. The second-order valence-electron chi connectivity index (χ2n) is 6.09. The molecule has 2 aliphatic rings. The van der Waals surface area contributed by atoms with E-state index in [9.17, 15) is 14.4 Å². The molecule has 8 heteroatoms. The van der Waals surface area contributed by atoms with Crippen LogP contribution >= 0.6 is 0 Å². The highest BCUT2D eigenvalue weighted by Crippen LogP contribution is 2.37. The lowest BCUT2D eigenvalue weighted by Crippen LogP contribution is -2.40. The van der Waals surface area contributed by atoms with Crippen LogP contribution in [0, 0.1) is 0 Å². The molecule has 0 saturated carbocycles. The van der Waals surface area contributed by atoms with Gasteiger partial charge in [0.05, 0.1) is 14.2 Å². The molecule has 25 heavy (non-hydrogen) atoms. The summed E-state index contributed by atoms with van der Waals surface area (Å²) in [5.74, 6) is -0.0417. The molecule has 0 spiro atoms. The number of carbonyl (C=O) groups excluding carboxylic acids is 2. The Morgan fingerprint density at radius 2 is 1.84 bits per heavy atom. The van der Waals surface area contributed by atoms with E-state index in [0.29, 0.717) is 24.5 Å². The van der Waals surface area contributed by atoms with Gasteiger partial charge in [0.2, 0.25) is 0 Å². The number of hydrogen-bond donors (Lipinski definition) is 1. The molecule has 0 unspecified atom stereocenters. The molecular weight excluding hydrogens is 328 g/mol. The third kappa shape index (κ3) is 2.99. The maximum Gasteiger partial charge on any atom is 0.327 e. The Hall–Kier alpha value is -2.77. The summed E-state index contributed by atoms with van der Waals surface area (Å²) in [7, 11) is 3.10. The zero-order chi connectivity index (χ0) is 18.1. The van der Waals surface area contributed by atoms with Crippen LogP contribution in [0.3, 0.4) is 0 Å². The fraction of sp³-hybridized carbons (Fsp3) is 0.471. The molecule has 1 aromatic carbocycles. The second kappa shape index (κ2) is 6.62. The van der Waals surface area contributed by atoms with Crippen LogP contribution in [0.1, 0.15) is 24.0 Å². The van der Waals surface area contributed by atoms with Crippen molar-refractivity contribution in [3.8, 4) is 11.5 Å². The number of carbonyl (C=O) groups is 3. The fourth-order valence-electron chi connectivity index (χ4n) is 3.36. The molecule has 2 aliphatic heterocycles. The van der Waals surface area contributed by atoms with Crippen LogP contribution < -0.4 is 9.47 Å². The van der Waals surface area contributed by atoms with Crippen molar-refractivity contribution >= 4 is 17.9 Å². The highest BCUT2D eigenvalue weighted by molar-refractivity contribution is 6.04. The largest absolute Gasteiger partial charge is 0.493 e. The molecule has 0 bridgehead atoms. The van der Waals surface area contributed by atoms with Gasteiger partial charge in [-0.1, -0.05) is 0 Å². The van der Waals surface area contributed by atoms with Gasteiger partial charge in [0.15, 0.2) is 11.5 Å². The van der Waals surface area contributed by atoms with Crippen molar-refractivity contribution in [2.24, 2.45) is 0 Å². The first-order chi connectivity index (χ1) is 12.0. The summed E-state index contributed by atoms with van der Waals surface area (Å²) in [6, 6.07) is 2.77. The number of methoxy groups -OCH3 is 2. The Morgan fingerprint density at radius 3 is 2.44 bits per heavy atom. The van der Waals surface area contributed by atoms with Gasteiger partial charge in [-0.2, -0.15) is 0 Å². The minimum absolute atomic E-state index is 0.0731. The van der Waals surface area contributed by atoms with Gasteiger partial charge >= 0.3 is 12.0 Å². The Morgan fingerprint density at radius 1 is 1.20 bits per heavy atom. The van der Waals surface area contributed by atoms with Crippen molar-refractivity contribution in [3.63, 3.8) is 0 Å². The van der Waals surface area contributed by atoms with Gasteiger partial charge in [-0.25, -0.2) is 4.79 Å². The predicted octanol–water partition coefficient (Wildman–Crippen LogP) is 1.26. The van der Waals surface area contributed by atoms with Crippen molar-refractivity contribution in [2.45, 2.75) is 31.8 Å². The van der Waals surface area contributed by atoms with Gasteiger partial charge in [0.1, 0.15) is 6.04 Å². The Bertz CT molecular complexity index is 681. The molecule has 1 aromatic rings. The molecular formula is C17H20N2O6. The molecule has 1 atom stereocenters. The van der Waals surface area contributed by atoms with Gasteiger partial charge in [0.25, 0.3) is 5.91 Å². The molecule has 8 nitrogen and oxygen atoms in total. The zero-order valence-corrected chi connectivity index (χ0v) is 14.2. The number of carboxylic acid groups (broad SMARTS) is 1. The number of carboxylic acids is 1. The van der Waals surface area contributed by atoms with Crippen molar-refractivity contribution < 1.29 is 29.0 Å². The lowest BCUT2D eigenvalue weighted by atomic mass is 9.94. The lowest BCUT2D eigenvalue weighted by molar-refractivity contribution is -0.137. The first-order valence-electron chi connectivity index (χ1n) is 8.03. The highest BCUT2D eigenvalue weighted by atomic mass is 16.5. The monoisotopic (exact) mass is 348 g/mol. The van der Waals surface area contributed by atoms with Gasteiger partial charge in [-0.3, -0.25) is 14.5 Å². The summed E-state index contributed by atoms with van der Waals surface area (Å²) >= 11 is 0. The summed E-state index contributed by atoms with van der Waals surface area (Å²) in [5, 5.41) is 8.72. The maximum atomic E-state index is 12.6. The molecule has 0 radical (unpaired) electrons. The van der Waals surface area contributed by atoms with Crippen LogP contribution in [0.15, 0.2) is 12.1 Å². The van der Waals surface area contributed by atoms with E-state index in [1.54, 1.807) is 14.2 Å². The number of amides is 3. The summed E-state index contributed by atoms with van der Waals surface area (Å²) in [5.41, 5.74) is 1.87. The average Bonchev–Trinajstić information content (AvgIpc) is 2.82. The molecule has 1 saturated heterocycles. The van der Waals surface area contributed by atoms with E-state index in [1.165, 1.54) is 4.90 Å². The Kier molecular flexibility index (Phi) is 4.52. The van der Waals surface area contributed by atoms with Crippen molar-refractivity contribution in [2.75, 3.05) is 20.8 Å². The van der Waals surface area contributed by atoms with E-state index in [1.807, 2.05) is 12.1 Å². The summed E-state index contributed by atoms with van der Waals surface area (Å²) in [6.45, 7) is 0.445. The lowest BCUT2D eigenvalue weighted by Gasteiger charge is -2.29. The number of rotatable bonds is 6. The SMILES string of the molecule is COc1cc2c(cc1OC)CN1C(=O)N(CCCC(=O)O)C(=O)[C@H]1C2. The van der Waals surface area contributed by atoms with Crippen LogP contribution in [-0.4, -0.2) is 59.6 Å². The summed E-state index contributed by atoms with van der Waals surface area (Å²) < 4.78 is 10.6. The molecule has 2 heterocycles. The van der Waals surface area contributed by atoms with Crippen molar-refractivity contribution in [1.82, 2.24) is 9.80 Å². The quantitative estimate of drug-likeness (QED) is 0.778. The molecule has 1 N–H and O–H groups in total. The van der Waals surface area contributed by atoms with Gasteiger partial charge in [-0.05, 0) is 29.7 Å². The first-order valence-corrected chi connectivity index (χ1v) is 8.03. The van der Waals surface area contributed by atoms with E-state index in [-0.39, 0.29) is 31.3 Å². The van der Waals surface area contributed by atoms with Crippen LogP contribution in [0.4, 0.5) is 4.79 Å². The molecule has 134 valence electrons. The number of benzene rings is 1. The summed E-state index contributed by atoms with van der Waals surface area (Å²) in [6.07, 6.45) is 0.591. The van der Waals surface area contributed by atoms with Crippen LogP contribution in [0.2, 0.25) is 0 Å². The van der Waals surface area contributed by atoms with E-state index < -0.39 is 12.0 Å². The maximum absolute atomic E-state index is 12.6. The van der Waals surface area contributed by atoms with E-state index >= 15 is 0 Å². The average molecular weight is 348 g/mol. The highest BCUT2D eigenvalue weighted by Gasteiger charge is 2.47. The van der Waals surface area contributed by atoms with Crippen molar-refractivity contribution in [1.29, 1.82) is 0 Å². The number of imide groups is 1. The standard InChI is InChI=1S/C17H20N2O6/c1-24-13-7-10-6-12-16(22)18(5-3-4-15(20)21)17(23)19(12)9-11(10)8-14(13)25-2/h7-8,12H,3-6,9H2,1-2H3,(H,20,21)/t12-/m1/s1. The third-order valence-electron chi connectivity index (χ3n) is 4.64. The van der Waals surface area contributed by atoms with Crippen LogP contribution in [-0.2, 0) is 22.6 Å². The van der Waals surface area contributed by atoms with Gasteiger partial charge < -0.3 is 19.5 Å². The van der Waals surface area contributed by atoms with E-state index in [2.05, 4.69) is 0 Å². The smallest absolute Gasteiger partial charge is 0.327 e. The number of urea groups is 1. The molecule has 0 aromatic heterocycles. The molecule has 3 amide bonds. The topological polar surface area (TPSA) is 96.4 Å². The second-order valence-corrected chi connectivity index (χ2v) is 6.09. The van der Waals surface area contributed by atoms with Gasteiger partial charge in [0, 0.05) is 25.9 Å². The summed E-state index contributed by atoms with van der Waals surface area (Å²) in [4.78, 5) is 38.4. The molecule has 0 aliphatic carbocycles. The Labute approximate surface area is 144 Å². The first kappa shape index (κ1) is 17.1. The number of hydrogen-bond acceptors (Lipinski definition) is 5. The van der Waals surface area contributed by atoms with Crippen molar-refractivity contribution in [3.05, 3.63) is 23.3 Å². The normalized spacial score (nSPS) is 18.9. The predicted molar refractivity (Wildman–Crippen MR) is 86.6 cm³/mol. The zero-order valence-electron chi connectivity index (χ0n) is 14.2. The minimum atomic E-state index is -0.941. The number of ether oxygens (including phenoxy) is 2. The number of fused-ring (bicyclic) bond motifs is 2. The number of aliphatic carboxylic acids is 1. The van der Waals surface area contributed by atoms with E-state index in [4.69, 9.17) is 14.6 Å². The minimum Gasteiger partial charge on any atom is -0.493 e. The molecule has 1 fully saturated rings. The van der Waals surface area contributed by atoms with E-state index in [0.717, 1.165) is 16.0 Å². The third-order valence-corrected chi connectivity index (χ3v) is 4.64. The van der Waals surface area contributed by atoms with Crippen LogP contribution in [0.25, 0.3) is 0 Å². The van der Waals surface area contributed by atoms with Gasteiger partial charge in [-0.15, -0.1) is 0 Å². The number of nitrogens with zero attached hydrogens (tertiary/aromatic N) is 2. The molecule has 3 rings (SSSR count).